The van der Waals surface area contributed by atoms with Gasteiger partial charge in [-0.25, -0.2) is 14.8 Å². The van der Waals surface area contributed by atoms with E-state index in [0.29, 0.717) is 12.5 Å². The molecule has 0 aromatic carbocycles. The van der Waals surface area contributed by atoms with Gasteiger partial charge < -0.3 is 15.1 Å². The van der Waals surface area contributed by atoms with Gasteiger partial charge in [-0.3, -0.25) is 0 Å². The quantitative estimate of drug-likeness (QED) is 0.924. The van der Waals surface area contributed by atoms with Crippen molar-refractivity contribution in [3.63, 3.8) is 0 Å². The summed E-state index contributed by atoms with van der Waals surface area (Å²) in [6.07, 6.45) is 7.09. The van der Waals surface area contributed by atoms with E-state index in [1.807, 2.05) is 17.9 Å². The summed E-state index contributed by atoms with van der Waals surface area (Å²) in [6, 6.07) is 1.95. The topological polar surface area (TPSA) is 61.4 Å². The standard InChI is InChI=1S/C16H25N5O/c1-2-17-16(22)21-11-6-14(12-21)13-4-9-20(10-5-13)15-18-7-3-8-19-15/h3,7-8,13-14H,2,4-6,9-12H2,1H3,(H,17,22)/t14-/m1/s1. The highest BCUT2D eigenvalue weighted by Crippen LogP contribution is 2.32. The number of nitrogens with zero attached hydrogens (tertiary/aromatic N) is 4. The number of piperidine rings is 1. The van der Waals surface area contributed by atoms with E-state index in [9.17, 15) is 4.79 Å². The van der Waals surface area contributed by atoms with E-state index in [1.54, 1.807) is 12.4 Å². The molecule has 0 saturated carbocycles. The molecule has 6 heteroatoms. The van der Waals surface area contributed by atoms with Crippen LogP contribution in [-0.4, -0.2) is 53.6 Å². The van der Waals surface area contributed by atoms with Crippen LogP contribution in [0, 0.1) is 11.8 Å². The van der Waals surface area contributed by atoms with Crippen LogP contribution >= 0.6 is 0 Å². The van der Waals surface area contributed by atoms with Crippen LogP contribution in [0.4, 0.5) is 10.7 Å². The number of amides is 2. The van der Waals surface area contributed by atoms with Crippen LogP contribution in [0.5, 0.6) is 0 Å². The van der Waals surface area contributed by atoms with Crippen molar-refractivity contribution in [2.45, 2.75) is 26.2 Å². The molecular weight excluding hydrogens is 278 g/mol. The zero-order valence-electron chi connectivity index (χ0n) is 13.2. The highest BCUT2D eigenvalue weighted by molar-refractivity contribution is 5.74. The van der Waals surface area contributed by atoms with Crippen LogP contribution in [-0.2, 0) is 0 Å². The minimum absolute atomic E-state index is 0.0973. The molecule has 1 aromatic rings. The Morgan fingerprint density at radius 3 is 2.55 bits per heavy atom. The third-order valence-electron chi connectivity index (χ3n) is 4.88. The van der Waals surface area contributed by atoms with Crippen LogP contribution in [0.15, 0.2) is 18.5 Å². The van der Waals surface area contributed by atoms with E-state index in [-0.39, 0.29) is 6.03 Å². The fourth-order valence-corrected chi connectivity index (χ4v) is 3.64. The average molecular weight is 303 g/mol. The van der Waals surface area contributed by atoms with Gasteiger partial charge in [-0.15, -0.1) is 0 Å². The van der Waals surface area contributed by atoms with Gasteiger partial charge in [0.1, 0.15) is 0 Å². The number of hydrogen-bond donors (Lipinski definition) is 1. The summed E-state index contributed by atoms with van der Waals surface area (Å²) in [5.41, 5.74) is 0. The Morgan fingerprint density at radius 1 is 1.18 bits per heavy atom. The van der Waals surface area contributed by atoms with Crippen molar-refractivity contribution in [3.8, 4) is 0 Å². The number of hydrogen-bond acceptors (Lipinski definition) is 4. The summed E-state index contributed by atoms with van der Waals surface area (Å²) in [4.78, 5) is 24.8. The van der Waals surface area contributed by atoms with Crippen molar-refractivity contribution in [2.75, 3.05) is 37.6 Å². The van der Waals surface area contributed by atoms with Crippen molar-refractivity contribution in [1.82, 2.24) is 20.2 Å². The smallest absolute Gasteiger partial charge is 0.317 e. The Morgan fingerprint density at radius 2 is 1.86 bits per heavy atom. The normalized spacial score (nSPS) is 22.9. The van der Waals surface area contributed by atoms with Crippen molar-refractivity contribution in [2.24, 2.45) is 11.8 Å². The SMILES string of the molecule is CCNC(=O)N1CC[C@@H](C2CCN(c3ncccn3)CC2)C1. The zero-order chi connectivity index (χ0) is 15.4. The fourth-order valence-electron chi connectivity index (χ4n) is 3.64. The molecule has 0 unspecified atom stereocenters. The van der Waals surface area contributed by atoms with E-state index in [4.69, 9.17) is 0 Å². The third-order valence-corrected chi connectivity index (χ3v) is 4.88. The van der Waals surface area contributed by atoms with Crippen LogP contribution in [0.25, 0.3) is 0 Å². The van der Waals surface area contributed by atoms with E-state index in [1.165, 1.54) is 12.8 Å². The van der Waals surface area contributed by atoms with Crippen molar-refractivity contribution in [3.05, 3.63) is 18.5 Å². The highest BCUT2D eigenvalue weighted by Gasteiger charge is 2.33. The predicted octanol–water partition coefficient (Wildman–Crippen LogP) is 1.74. The number of aromatic nitrogens is 2. The number of likely N-dealkylation sites (tertiary alicyclic amines) is 1. The first-order chi connectivity index (χ1) is 10.8. The lowest BCUT2D eigenvalue weighted by Gasteiger charge is -2.34. The van der Waals surface area contributed by atoms with Crippen LogP contribution in [0.2, 0.25) is 0 Å². The van der Waals surface area contributed by atoms with Gasteiger partial charge in [0.05, 0.1) is 0 Å². The summed E-state index contributed by atoms with van der Waals surface area (Å²) in [6.45, 7) is 6.53. The molecule has 0 bridgehead atoms. The van der Waals surface area contributed by atoms with E-state index >= 15 is 0 Å². The molecular formula is C16H25N5O. The minimum atomic E-state index is 0.0973. The molecule has 1 N–H and O–H groups in total. The predicted molar refractivity (Wildman–Crippen MR) is 85.7 cm³/mol. The molecule has 2 aliphatic rings. The number of nitrogens with one attached hydrogen (secondary N) is 1. The summed E-state index contributed by atoms with van der Waals surface area (Å²) >= 11 is 0. The van der Waals surface area contributed by atoms with Gasteiger partial charge >= 0.3 is 6.03 Å². The molecule has 6 nitrogen and oxygen atoms in total. The minimum Gasteiger partial charge on any atom is -0.341 e. The maximum atomic E-state index is 11.9. The van der Waals surface area contributed by atoms with E-state index in [2.05, 4.69) is 20.2 Å². The molecule has 2 aliphatic heterocycles. The molecule has 0 radical (unpaired) electrons. The Bertz CT molecular complexity index is 487. The first-order valence-corrected chi connectivity index (χ1v) is 8.32. The first-order valence-electron chi connectivity index (χ1n) is 8.32. The lowest BCUT2D eigenvalue weighted by Crippen LogP contribution is -2.40. The Hall–Kier alpha value is -1.85. The molecule has 3 rings (SSSR count). The highest BCUT2D eigenvalue weighted by atomic mass is 16.2. The zero-order valence-corrected chi connectivity index (χ0v) is 13.2. The number of carbonyl (C=O) groups is 1. The average Bonchev–Trinajstić information content (AvgIpc) is 3.06. The van der Waals surface area contributed by atoms with E-state index < -0.39 is 0 Å². The van der Waals surface area contributed by atoms with Gasteiger partial charge in [-0.05, 0) is 44.1 Å². The number of carbonyl (C=O) groups excluding carboxylic acids is 1. The van der Waals surface area contributed by atoms with Crippen LogP contribution in [0.1, 0.15) is 26.2 Å². The number of urea groups is 1. The number of anilines is 1. The summed E-state index contributed by atoms with van der Waals surface area (Å²) in [7, 11) is 0. The molecule has 2 amide bonds. The Labute approximate surface area is 131 Å². The molecule has 22 heavy (non-hydrogen) atoms. The molecule has 0 aliphatic carbocycles. The van der Waals surface area contributed by atoms with Gasteiger partial charge in [0, 0.05) is 45.1 Å². The molecule has 3 heterocycles. The van der Waals surface area contributed by atoms with Gasteiger partial charge in [-0.2, -0.15) is 0 Å². The van der Waals surface area contributed by atoms with Crippen LogP contribution in [0.3, 0.4) is 0 Å². The van der Waals surface area contributed by atoms with Crippen molar-refractivity contribution in [1.29, 1.82) is 0 Å². The van der Waals surface area contributed by atoms with Crippen molar-refractivity contribution < 1.29 is 4.79 Å². The first kappa shape index (κ1) is 15.1. The monoisotopic (exact) mass is 303 g/mol. The second-order valence-corrected chi connectivity index (χ2v) is 6.20. The maximum Gasteiger partial charge on any atom is 0.317 e. The van der Waals surface area contributed by atoms with Crippen LogP contribution < -0.4 is 10.2 Å². The largest absolute Gasteiger partial charge is 0.341 e. The third kappa shape index (κ3) is 3.31. The molecule has 1 atom stereocenters. The molecule has 120 valence electrons. The summed E-state index contributed by atoms with van der Waals surface area (Å²) in [5.74, 6) is 2.22. The summed E-state index contributed by atoms with van der Waals surface area (Å²) in [5, 5.41) is 2.90. The second-order valence-electron chi connectivity index (χ2n) is 6.20. The molecule has 2 fully saturated rings. The van der Waals surface area contributed by atoms with Crippen molar-refractivity contribution >= 4 is 12.0 Å². The molecule has 1 aromatic heterocycles. The summed E-state index contributed by atoms with van der Waals surface area (Å²) < 4.78 is 0. The molecule has 0 spiro atoms. The van der Waals surface area contributed by atoms with Gasteiger partial charge in [0.15, 0.2) is 0 Å². The molecule has 2 saturated heterocycles. The van der Waals surface area contributed by atoms with Gasteiger partial charge in [0.25, 0.3) is 0 Å². The second kappa shape index (κ2) is 6.94. The Balaban J connectivity index is 1.49. The Kier molecular flexibility index (Phi) is 4.75. The van der Waals surface area contributed by atoms with E-state index in [0.717, 1.165) is 44.5 Å². The number of rotatable bonds is 3. The van der Waals surface area contributed by atoms with Gasteiger partial charge in [-0.1, -0.05) is 0 Å². The maximum absolute atomic E-state index is 11.9. The van der Waals surface area contributed by atoms with Gasteiger partial charge in [0.2, 0.25) is 5.95 Å². The lowest BCUT2D eigenvalue weighted by molar-refractivity contribution is 0.202. The fraction of sp³-hybridized carbons (Fsp3) is 0.688. The lowest BCUT2D eigenvalue weighted by atomic mass is 9.84.